The second kappa shape index (κ2) is 6.59. The first-order valence-electron chi connectivity index (χ1n) is 7.14. The van der Waals surface area contributed by atoms with Crippen molar-refractivity contribution in [1.29, 1.82) is 0 Å². The second-order valence-electron chi connectivity index (χ2n) is 5.08. The zero-order valence-electron chi connectivity index (χ0n) is 11.9. The zero-order valence-corrected chi connectivity index (χ0v) is 12.7. The minimum Gasteiger partial charge on any atom is -0.292 e. The third-order valence-electron chi connectivity index (χ3n) is 3.60. The monoisotopic (exact) mass is 306 g/mol. The average molecular weight is 307 g/mol. The molecular weight excluding hydrogens is 292 g/mol. The fourth-order valence-corrected chi connectivity index (χ4v) is 2.65. The molecule has 0 heterocycles. The Morgan fingerprint density at radius 2 is 1.18 bits per heavy atom. The van der Waals surface area contributed by atoms with E-state index in [1.165, 1.54) is 0 Å². The van der Waals surface area contributed by atoms with Crippen LogP contribution in [0.5, 0.6) is 0 Å². The van der Waals surface area contributed by atoms with Crippen molar-refractivity contribution in [3.05, 3.63) is 96.1 Å². The fourth-order valence-electron chi connectivity index (χ4n) is 2.38. The van der Waals surface area contributed by atoms with Crippen molar-refractivity contribution in [2.75, 3.05) is 0 Å². The second-order valence-corrected chi connectivity index (χ2v) is 5.52. The van der Waals surface area contributed by atoms with Gasteiger partial charge in [0.1, 0.15) is 5.38 Å². The van der Waals surface area contributed by atoms with Gasteiger partial charge in [-0.1, -0.05) is 84.9 Å². The Balaban J connectivity index is 1.82. The number of hydrogen-bond donors (Lipinski definition) is 0. The number of benzene rings is 3. The van der Waals surface area contributed by atoms with Gasteiger partial charge in [0, 0.05) is 5.56 Å². The van der Waals surface area contributed by atoms with Gasteiger partial charge in [0.15, 0.2) is 5.78 Å². The Hall–Kier alpha value is -2.38. The first-order chi connectivity index (χ1) is 10.8. The Morgan fingerprint density at radius 3 is 1.77 bits per heavy atom. The van der Waals surface area contributed by atoms with Gasteiger partial charge in [0.25, 0.3) is 0 Å². The molecule has 108 valence electrons. The summed E-state index contributed by atoms with van der Waals surface area (Å²) in [4.78, 5) is 12.5. The summed E-state index contributed by atoms with van der Waals surface area (Å²) < 4.78 is 0. The van der Waals surface area contributed by atoms with Crippen molar-refractivity contribution in [2.24, 2.45) is 0 Å². The van der Waals surface area contributed by atoms with Gasteiger partial charge in [0.05, 0.1) is 0 Å². The third-order valence-corrected chi connectivity index (χ3v) is 4.05. The molecule has 0 fully saturated rings. The number of Topliss-reactive ketones (excluding diaryl/α,β-unsaturated/α-hetero) is 1. The van der Waals surface area contributed by atoms with Crippen LogP contribution in [-0.2, 0) is 0 Å². The molecule has 0 aliphatic carbocycles. The molecule has 1 unspecified atom stereocenters. The molecule has 22 heavy (non-hydrogen) atoms. The quantitative estimate of drug-likeness (QED) is 0.458. The van der Waals surface area contributed by atoms with Gasteiger partial charge in [-0.15, -0.1) is 11.6 Å². The highest BCUT2D eigenvalue weighted by molar-refractivity contribution is 6.33. The molecule has 3 rings (SSSR count). The first-order valence-corrected chi connectivity index (χ1v) is 7.58. The van der Waals surface area contributed by atoms with E-state index in [0.29, 0.717) is 5.56 Å². The molecule has 1 atom stereocenters. The molecule has 0 aliphatic rings. The predicted molar refractivity (Wildman–Crippen MR) is 91.2 cm³/mol. The third kappa shape index (κ3) is 3.10. The summed E-state index contributed by atoms with van der Waals surface area (Å²) in [5.41, 5.74) is 3.67. The average Bonchev–Trinajstić information content (AvgIpc) is 2.62. The summed E-state index contributed by atoms with van der Waals surface area (Å²) in [6, 6.07) is 27.1. The number of ketones is 1. The molecule has 0 saturated heterocycles. The predicted octanol–water partition coefficient (Wildman–Crippen LogP) is 5.52. The fraction of sp³-hybridized carbons (Fsp3) is 0.0500. The van der Waals surface area contributed by atoms with E-state index in [1.54, 1.807) is 0 Å². The lowest BCUT2D eigenvalue weighted by atomic mass is 9.99. The largest absolute Gasteiger partial charge is 0.292 e. The number of hydrogen-bond acceptors (Lipinski definition) is 1. The molecule has 0 aromatic heterocycles. The summed E-state index contributed by atoms with van der Waals surface area (Å²) in [6.45, 7) is 0. The van der Waals surface area contributed by atoms with E-state index >= 15 is 0 Å². The van der Waals surface area contributed by atoms with Crippen LogP contribution >= 0.6 is 11.6 Å². The highest BCUT2D eigenvalue weighted by Gasteiger charge is 2.19. The molecule has 0 bridgehead atoms. The number of rotatable bonds is 4. The van der Waals surface area contributed by atoms with E-state index in [1.807, 2.05) is 84.9 Å². The molecule has 3 aromatic rings. The summed E-state index contributed by atoms with van der Waals surface area (Å²) in [5.74, 6) is -0.0764. The van der Waals surface area contributed by atoms with Crippen LogP contribution in [0.2, 0.25) is 0 Å². The van der Waals surface area contributed by atoms with Gasteiger partial charge in [-0.2, -0.15) is 0 Å². The lowest BCUT2D eigenvalue weighted by molar-refractivity contribution is 0.0987. The molecule has 0 spiro atoms. The summed E-state index contributed by atoms with van der Waals surface area (Å²) >= 11 is 6.30. The van der Waals surface area contributed by atoms with Crippen molar-refractivity contribution < 1.29 is 4.79 Å². The molecule has 3 aromatic carbocycles. The Morgan fingerprint density at radius 1 is 0.682 bits per heavy atom. The van der Waals surface area contributed by atoms with Gasteiger partial charge < -0.3 is 0 Å². The Labute approximate surface area is 135 Å². The van der Waals surface area contributed by atoms with E-state index < -0.39 is 5.38 Å². The highest BCUT2D eigenvalue weighted by atomic mass is 35.5. The topological polar surface area (TPSA) is 17.1 Å². The van der Waals surface area contributed by atoms with E-state index in [0.717, 1.165) is 16.7 Å². The highest BCUT2D eigenvalue weighted by Crippen LogP contribution is 2.26. The normalized spacial score (nSPS) is 11.9. The molecule has 0 aliphatic heterocycles. The van der Waals surface area contributed by atoms with Crippen LogP contribution in [-0.4, -0.2) is 5.78 Å². The Kier molecular flexibility index (Phi) is 4.36. The number of carbonyl (C=O) groups excluding carboxylic acids is 1. The van der Waals surface area contributed by atoms with Gasteiger partial charge in [-0.3, -0.25) is 4.79 Å². The van der Waals surface area contributed by atoms with Gasteiger partial charge >= 0.3 is 0 Å². The van der Waals surface area contributed by atoms with Crippen LogP contribution in [0.15, 0.2) is 84.9 Å². The molecular formula is C20H15ClO. The Bertz CT molecular complexity index is 749. The van der Waals surface area contributed by atoms with Crippen molar-refractivity contribution in [3.8, 4) is 11.1 Å². The summed E-state index contributed by atoms with van der Waals surface area (Å²) in [6.07, 6.45) is 0. The van der Waals surface area contributed by atoms with Crippen LogP contribution in [0, 0.1) is 0 Å². The van der Waals surface area contributed by atoms with Crippen LogP contribution in [0.4, 0.5) is 0 Å². The van der Waals surface area contributed by atoms with Crippen molar-refractivity contribution in [3.63, 3.8) is 0 Å². The van der Waals surface area contributed by atoms with Crippen LogP contribution < -0.4 is 0 Å². The minimum absolute atomic E-state index is 0.0764. The maximum Gasteiger partial charge on any atom is 0.185 e. The van der Waals surface area contributed by atoms with Gasteiger partial charge in [0.2, 0.25) is 0 Å². The van der Waals surface area contributed by atoms with Gasteiger partial charge in [-0.25, -0.2) is 0 Å². The molecule has 0 radical (unpaired) electrons. The smallest absolute Gasteiger partial charge is 0.185 e. The van der Waals surface area contributed by atoms with E-state index in [2.05, 4.69) is 0 Å². The standard InChI is InChI=1S/C20H15ClO/c21-19(17-9-5-2-6-10-17)20(22)18-13-11-16(12-14-18)15-7-3-1-4-8-15/h1-14,19H. The zero-order chi connectivity index (χ0) is 15.4. The SMILES string of the molecule is O=C(c1ccc(-c2ccccc2)cc1)C(Cl)c1ccccc1. The van der Waals surface area contributed by atoms with E-state index in [4.69, 9.17) is 11.6 Å². The molecule has 0 N–H and O–H groups in total. The number of alkyl halides is 1. The molecule has 0 amide bonds. The molecule has 1 nitrogen and oxygen atoms in total. The maximum atomic E-state index is 12.5. The van der Waals surface area contributed by atoms with Crippen LogP contribution in [0.25, 0.3) is 11.1 Å². The minimum atomic E-state index is -0.649. The van der Waals surface area contributed by atoms with E-state index in [-0.39, 0.29) is 5.78 Å². The first kappa shape index (κ1) is 14.6. The van der Waals surface area contributed by atoms with Crippen molar-refractivity contribution in [2.45, 2.75) is 5.38 Å². The lowest BCUT2D eigenvalue weighted by Crippen LogP contribution is -2.07. The molecule has 2 heteroatoms. The number of halogens is 1. The van der Waals surface area contributed by atoms with Crippen molar-refractivity contribution >= 4 is 17.4 Å². The summed E-state index contributed by atoms with van der Waals surface area (Å²) in [7, 11) is 0. The molecule has 0 saturated carbocycles. The van der Waals surface area contributed by atoms with Crippen LogP contribution in [0.3, 0.4) is 0 Å². The van der Waals surface area contributed by atoms with Crippen molar-refractivity contribution in [1.82, 2.24) is 0 Å². The summed E-state index contributed by atoms with van der Waals surface area (Å²) in [5, 5.41) is -0.649. The van der Waals surface area contributed by atoms with E-state index in [9.17, 15) is 4.79 Å². The van der Waals surface area contributed by atoms with Gasteiger partial charge in [-0.05, 0) is 16.7 Å². The number of carbonyl (C=O) groups is 1. The maximum absolute atomic E-state index is 12.5. The lowest BCUT2D eigenvalue weighted by Gasteiger charge is -2.09. The van der Waals surface area contributed by atoms with Crippen LogP contribution in [0.1, 0.15) is 21.3 Å².